The molecule has 1 spiro atoms. The number of hydrogen-bond acceptors (Lipinski definition) is 2. The molecule has 1 saturated heterocycles. The number of rotatable bonds is 4. The van der Waals surface area contributed by atoms with Gasteiger partial charge in [0, 0.05) is 39.1 Å². The van der Waals surface area contributed by atoms with E-state index in [9.17, 15) is 0 Å². The van der Waals surface area contributed by atoms with Gasteiger partial charge in [-0.1, -0.05) is 43.2 Å². The highest BCUT2D eigenvalue weighted by molar-refractivity contribution is 14.0. The van der Waals surface area contributed by atoms with Gasteiger partial charge in [-0.15, -0.1) is 24.0 Å². The van der Waals surface area contributed by atoms with Gasteiger partial charge in [0.15, 0.2) is 5.96 Å². The number of guanidine groups is 1. The molecule has 1 saturated carbocycles. The molecule has 2 aliphatic rings. The van der Waals surface area contributed by atoms with E-state index < -0.39 is 0 Å². The predicted molar refractivity (Wildman–Crippen MR) is 120 cm³/mol. The van der Waals surface area contributed by atoms with Crippen molar-refractivity contribution in [2.75, 3.05) is 20.1 Å². The molecule has 1 N–H and O–H groups in total. The summed E-state index contributed by atoms with van der Waals surface area (Å²) in [4.78, 5) is 11.5. The summed E-state index contributed by atoms with van der Waals surface area (Å²) in [6.07, 6.45) is 10.8. The Kier molecular flexibility index (Phi) is 6.78. The van der Waals surface area contributed by atoms with Crippen molar-refractivity contribution in [1.82, 2.24) is 19.8 Å². The molecular weight excluding hydrogens is 449 g/mol. The van der Waals surface area contributed by atoms with E-state index in [0.717, 1.165) is 31.4 Å². The smallest absolute Gasteiger partial charge is 0.194 e. The van der Waals surface area contributed by atoms with E-state index in [2.05, 4.69) is 61.3 Å². The van der Waals surface area contributed by atoms with Gasteiger partial charge in [0.05, 0.1) is 6.54 Å². The van der Waals surface area contributed by atoms with Crippen LogP contribution in [-0.2, 0) is 13.1 Å². The molecule has 6 heteroatoms. The Balaban J connectivity index is 0.00000210. The second-order valence-electron chi connectivity index (χ2n) is 7.74. The van der Waals surface area contributed by atoms with Gasteiger partial charge < -0.3 is 14.8 Å². The standard InChI is InChI=1S/C21H29N5.HI/c1-22-20(26-13-11-21(17-26)9-5-6-10-21)24-15-19-23-12-14-25(19)16-18-7-3-2-4-8-18;/h2-4,7-8,12,14H,5-6,9-11,13,15-17H2,1H3,(H,22,24);1H. The first-order valence-electron chi connectivity index (χ1n) is 9.78. The molecule has 0 radical (unpaired) electrons. The van der Waals surface area contributed by atoms with Crippen LogP contribution in [-0.4, -0.2) is 40.5 Å². The second-order valence-corrected chi connectivity index (χ2v) is 7.74. The fourth-order valence-corrected chi connectivity index (χ4v) is 4.57. The number of aromatic nitrogens is 2. The molecule has 2 fully saturated rings. The van der Waals surface area contributed by atoms with Crippen LogP contribution in [0.15, 0.2) is 47.7 Å². The van der Waals surface area contributed by atoms with Crippen molar-refractivity contribution in [3.63, 3.8) is 0 Å². The Morgan fingerprint density at radius 2 is 1.96 bits per heavy atom. The topological polar surface area (TPSA) is 45.5 Å². The summed E-state index contributed by atoms with van der Waals surface area (Å²) in [7, 11) is 1.89. The van der Waals surface area contributed by atoms with Crippen LogP contribution >= 0.6 is 24.0 Å². The molecule has 146 valence electrons. The van der Waals surface area contributed by atoms with Gasteiger partial charge in [-0.2, -0.15) is 0 Å². The number of imidazole rings is 1. The molecule has 0 amide bonds. The van der Waals surface area contributed by atoms with Gasteiger partial charge in [-0.3, -0.25) is 4.99 Å². The van der Waals surface area contributed by atoms with Gasteiger partial charge in [0.25, 0.3) is 0 Å². The molecule has 2 heterocycles. The van der Waals surface area contributed by atoms with Crippen LogP contribution in [0.1, 0.15) is 43.5 Å². The summed E-state index contributed by atoms with van der Waals surface area (Å²) in [6, 6.07) is 10.5. The molecule has 0 bridgehead atoms. The highest BCUT2D eigenvalue weighted by Crippen LogP contribution is 2.45. The van der Waals surface area contributed by atoms with E-state index >= 15 is 0 Å². The Bertz CT molecular complexity index is 749. The number of aliphatic imine (C=N–C) groups is 1. The van der Waals surface area contributed by atoms with Gasteiger partial charge in [-0.05, 0) is 30.2 Å². The number of likely N-dealkylation sites (tertiary alicyclic amines) is 1. The van der Waals surface area contributed by atoms with E-state index in [1.165, 1.54) is 37.7 Å². The summed E-state index contributed by atoms with van der Waals surface area (Å²) in [5.74, 6) is 2.06. The number of halogens is 1. The van der Waals surface area contributed by atoms with Crippen LogP contribution in [0.25, 0.3) is 0 Å². The minimum Gasteiger partial charge on any atom is -0.349 e. The third-order valence-corrected chi connectivity index (χ3v) is 6.02. The Hall–Kier alpha value is -1.57. The first-order valence-corrected chi connectivity index (χ1v) is 9.78. The summed E-state index contributed by atoms with van der Waals surface area (Å²) < 4.78 is 2.21. The monoisotopic (exact) mass is 479 g/mol. The summed E-state index contributed by atoms with van der Waals surface area (Å²) >= 11 is 0. The largest absolute Gasteiger partial charge is 0.349 e. The first-order chi connectivity index (χ1) is 12.8. The molecular formula is C21H30IN5. The van der Waals surface area contributed by atoms with Crippen LogP contribution < -0.4 is 5.32 Å². The van der Waals surface area contributed by atoms with Crippen molar-refractivity contribution in [2.24, 2.45) is 10.4 Å². The van der Waals surface area contributed by atoms with Crippen LogP contribution in [0, 0.1) is 5.41 Å². The molecule has 1 aromatic carbocycles. The summed E-state index contributed by atoms with van der Waals surface area (Å²) in [5.41, 5.74) is 1.85. The zero-order valence-corrected chi connectivity index (χ0v) is 18.4. The van der Waals surface area contributed by atoms with Crippen molar-refractivity contribution in [3.05, 3.63) is 54.1 Å². The summed E-state index contributed by atoms with van der Waals surface area (Å²) in [6.45, 7) is 3.84. The number of nitrogens with one attached hydrogen (secondary N) is 1. The molecule has 1 aromatic heterocycles. The van der Waals surface area contributed by atoms with Gasteiger partial charge in [0.1, 0.15) is 5.82 Å². The maximum atomic E-state index is 4.54. The van der Waals surface area contributed by atoms with E-state index in [0.29, 0.717) is 12.0 Å². The van der Waals surface area contributed by atoms with E-state index in [1.54, 1.807) is 0 Å². The minimum atomic E-state index is 0. The molecule has 0 unspecified atom stereocenters. The normalized spacial score (nSPS) is 18.7. The Morgan fingerprint density at radius 3 is 2.70 bits per heavy atom. The minimum absolute atomic E-state index is 0. The quantitative estimate of drug-likeness (QED) is 0.411. The van der Waals surface area contributed by atoms with Crippen LogP contribution in [0.3, 0.4) is 0 Å². The highest BCUT2D eigenvalue weighted by Gasteiger charge is 2.41. The van der Waals surface area contributed by atoms with Crippen LogP contribution in [0.5, 0.6) is 0 Å². The van der Waals surface area contributed by atoms with E-state index in [4.69, 9.17) is 0 Å². The molecule has 5 nitrogen and oxygen atoms in total. The fourth-order valence-electron chi connectivity index (χ4n) is 4.57. The van der Waals surface area contributed by atoms with Crippen molar-refractivity contribution in [2.45, 2.75) is 45.2 Å². The van der Waals surface area contributed by atoms with E-state index in [-0.39, 0.29) is 24.0 Å². The zero-order valence-electron chi connectivity index (χ0n) is 16.1. The van der Waals surface area contributed by atoms with Crippen molar-refractivity contribution < 1.29 is 0 Å². The van der Waals surface area contributed by atoms with Crippen LogP contribution in [0.2, 0.25) is 0 Å². The Labute approximate surface area is 179 Å². The third kappa shape index (κ3) is 4.65. The second kappa shape index (κ2) is 9.08. The molecule has 1 aliphatic carbocycles. The van der Waals surface area contributed by atoms with Gasteiger partial charge >= 0.3 is 0 Å². The summed E-state index contributed by atoms with van der Waals surface area (Å²) in [5, 5.41) is 3.54. The maximum absolute atomic E-state index is 4.54. The lowest BCUT2D eigenvalue weighted by Gasteiger charge is -2.26. The average molecular weight is 479 g/mol. The molecule has 2 aromatic rings. The van der Waals surface area contributed by atoms with E-state index in [1.807, 2.05) is 13.2 Å². The predicted octanol–water partition coefficient (Wildman–Crippen LogP) is 3.89. The van der Waals surface area contributed by atoms with Gasteiger partial charge in [0.2, 0.25) is 0 Å². The fraction of sp³-hybridized carbons (Fsp3) is 0.524. The number of nitrogens with zero attached hydrogens (tertiary/aromatic N) is 4. The Morgan fingerprint density at radius 1 is 1.19 bits per heavy atom. The average Bonchev–Trinajstić information content (AvgIpc) is 3.40. The van der Waals surface area contributed by atoms with Gasteiger partial charge in [-0.25, -0.2) is 4.98 Å². The van der Waals surface area contributed by atoms with Crippen molar-refractivity contribution in [3.8, 4) is 0 Å². The SMILES string of the molecule is CN=C(NCc1nccn1Cc1ccccc1)N1CCC2(CCCC2)C1.I. The number of benzene rings is 1. The lowest BCUT2D eigenvalue weighted by atomic mass is 9.86. The lowest BCUT2D eigenvalue weighted by Crippen LogP contribution is -2.41. The lowest BCUT2D eigenvalue weighted by molar-refractivity contribution is 0.309. The highest BCUT2D eigenvalue weighted by atomic mass is 127. The maximum Gasteiger partial charge on any atom is 0.194 e. The van der Waals surface area contributed by atoms with Crippen LogP contribution in [0.4, 0.5) is 0 Å². The molecule has 1 aliphatic heterocycles. The first kappa shape index (κ1) is 20.2. The molecule has 4 rings (SSSR count). The number of hydrogen-bond donors (Lipinski definition) is 1. The molecule has 0 atom stereocenters. The third-order valence-electron chi connectivity index (χ3n) is 6.02. The van der Waals surface area contributed by atoms with Crippen molar-refractivity contribution >= 4 is 29.9 Å². The zero-order chi connectivity index (χ0) is 17.8. The molecule has 27 heavy (non-hydrogen) atoms. The van der Waals surface area contributed by atoms with Crippen molar-refractivity contribution in [1.29, 1.82) is 0 Å².